The van der Waals surface area contributed by atoms with Crippen molar-refractivity contribution in [3.63, 3.8) is 0 Å². The quantitative estimate of drug-likeness (QED) is 0.579. The SMILES string of the molecule is O=[N+]([O-])c1ccc(F)cc1N1CCc2[nH]c3ccccc3c2C1. The molecule has 0 radical (unpaired) electrons. The summed E-state index contributed by atoms with van der Waals surface area (Å²) in [6, 6.07) is 11.6. The third kappa shape index (κ3) is 2.23. The molecule has 1 N–H and O–H groups in total. The van der Waals surface area contributed by atoms with Gasteiger partial charge < -0.3 is 9.88 Å². The Labute approximate surface area is 131 Å². The van der Waals surface area contributed by atoms with Crippen LogP contribution >= 0.6 is 0 Å². The number of hydrogen-bond acceptors (Lipinski definition) is 3. The van der Waals surface area contributed by atoms with Crippen molar-refractivity contribution in [2.45, 2.75) is 13.0 Å². The first-order chi connectivity index (χ1) is 11.1. The maximum absolute atomic E-state index is 13.6. The number of rotatable bonds is 2. The summed E-state index contributed by atoms with van der Waals surface area (Å²) in [6.07, 6.45) is 0.748. The van der Waals surface area contributed by atoms with Crippen molar-refractivity contribution in [1.29, 1.82) is 0 Å². The molecule has 0 atom stereocenters. The minimum Gasteiger partial charge on any atom is -0.361 e. The molecule has 0 spiro atoms. The number of para-hydroxylation sites is 1. The van der Waals surface area contributed by atoms with E-state index in [0.717, 1.165) is 34.6 Å². The summed E-state index contributed by atoms with van der Waals surface area (Å²) in [6.45, 7) is 1.15. The standard InChI is InChI=1S/C17H14FN3O2/c18-11-5-6-16(21(22)23)17(9-11)20-8-7-15-13(10-20)12-3-1-2-4-14(12)19-15/h1-6,9,19H,7-8,10H2. The summed E-state index contributed by atoms with van der Waals surface area (Å²) in [4.78, 5) is 16.1. The molecule has 1 aliphatic rings. The van der Waals surface area contributed by atoms with Crippen LogP contribution in [0.25, 0.3) is 10.9 Å². The average molecular weight is 311 g/mol. The Bertz CT molecular complexity index is 919. The van der Waals surface area contributed by atoms with Crippen molar-refractivity contribution in [2.75, 3.05) is 11.4 Å². The van der Waals surface area contributed by atoms with Gasteiger partial charge in [0.05, 0.1) is 4.92 Å². The molecule has 4 rings (SSSR count). The van der Waals surface area contributed by atoms with Gasteiger partial charge in [-0.3, -0.25) is 10.1 Å². The van der Waals surface area contributed by atoms with E-state index in [1.54, 1.807) is 0 Å². The third-order valence-corrected chi connectivity index (χ3v) is 4.36. The predicted octanol–water partition coefficient (Wildman–Crippen LogP) is 3.78. The van der Waals surface area contributed by atoms with Gasteiger partial charge in [-0.05, 0) is 12.1 Å². The monoisotopic (exact) mass is 311 g/mol. The van der Waals surface area contributed by atoms with Crippen molar-refractivity contribution in [3.8, 4) is 0 Å². The van der Waals surface area contributed by atoms with E-state index in [4.69, 9.17) is 0 Å². The van der Waals surface area contributed by atoms with Crippen LogP contribution in [0.5, 0.6) is 0 Å². The molecule has 0 fully saturated rings. The molecule has 0 bridgehead atoms. The van der Waals surface area contributed by atoms with Gasteiger partial charge in [0.1, 0.15) is 11.5 Å². The molecule has 3 aromatic rings. The van der Waals surface area contributed by atoms with Gasteiger partial charge >= 0.3 is 0 Å². The van der Waals surface area contributed by atoms with Crippen molar-refractivity contribution in [2.24, 2.45) is 0 Å². The normalized spacial score (nSPS) is 14.0. The Hall–Kier alpha value is -2.89. The first-order valence-electron chi connectivity index (χ1n) is 7.41. The van der Waals surface area contributed by atoms with Gasteiger partial charge in [-0.15, -0.1) is 0 Å². The molecule has 0 aliphatic carbocycles. The minimum atomic E-state index is -0.463. The van der Waals surface area contributed by atoms with E-state index < -0.39 is 10.7 Å². The molecule has 23 heavy (non-hydrogen) atoms. The summed E-state index contributed by atoms with van der Waals surface area (Å²) in [5, 5.41) is 12.4. The number of aromatic nitrogens is 1. The number of fused-ring (bicyclic) bond motifs is 3. The van der Waals surface area contributed by atoms with E-state index in [0.29, 0.717) is 18.8 Å². The molecular formula is C17H14FN3O2. The lowest BCUT2D eigenvalue weighted by Crippen LogP contribution is -2.30. The number of aromatic amines is 1. The van der Waals surface area contributed by atoms with Crippen LogP contribution in [0, 0.1) is 15.9 Å². The summed E-state index contributed by atoms with van der Waals surface area (Å²) >= 11 is 0. The first kappa shape index (κ1) is 13.8. The van der Waals surface area contributed by atoms with Crippen LogP contribution in [0.3, 0.4) is 0 Å². The van der Waals surface area contributed by atoms with Crippen LogP contribution in [0.2, 0.25) is 0 Å². The number of nitrogens with one attached hydrogen (secondary N) is 1. The molecule has 2 aromatic carbocycles. The first-order valence-corrected chi connectivity index (χ1v) is 7.41. The second-order valence-electron chi connectivity index (χ2n) is 5.69. The van der Waals surface area contributed by atoms with Crippen LogP contribution in [-0.4, -0.2) is 16.5 Å². The number of anilines is 1. The molecule has 0 unspecified atom stereocenters. The predicted molar refractivity (Wildman–Crippen MR) is 86.1 cm³/mol. The minimum absolute atomic E-state index is 0.0605. The van der Waals surface area contributed by atoms with Crippen molar-refractivity contribution >= 4 is 22.3 Å². The lowest BCUT2D eigenvalue weighted by Gasteiger charge is -2.28. The van der Waals surface area contributed by atoms with Gasteiger partial charge in [-0.2, -0.15) is 0 Å². The number of halogens is 1. The molecule has 0 amide bonds. The Balaban J connectivity index is 1.79. The third-order valence-electron chi connectivity index (χ3n) is 4.36. The number of nitro groups is 1. The summed E-state index contributed by atoms with van der Waals surface area (Å²) in [5.41, 5.74) is 3.63. The fourth-order valence-electron chi connectivity index (χ4n) is 3.28. The van der Waals surface area contributed by atoms with Crippen molar-refractivity contribution < 1.29 is 9.31 Å². The van der Waals surface area contributed by atoms with Crippen molar-refractivity contribution in [3.05, 3.63) is 69.7 Å². The van der Waals surface area contributed by atoms with Crippen LogP contribution in [0.1, 0.15) is 11.3 Å². The van der Waals surface area contributed by atoms with E-state index >= 15 is 0 Å². The number of nitrogens with zero attached hydrogens (tertiary/aromatic N) is 2. The largest absolute Gasteiger partial charge is 0.361 e. The summed E-state index contributed by atoms with van der Waals surface area (Å²) in [7, 11) is 0. The number of benzene rings is 2. The molecule has 0 saturated heterocycles. The van der Waals surface area contributed by atoms with E-state index in [2.05, 4.69) is 4.98 Å². The summed E-state index contributed by atoms with van der Waals surface area (Å²) < 4.78 is 13.6. The molecule has 1 aromatic heterocycles. The zero-order chi connectivity index (χ0) is 16.0. The molecule has 0 saturated carbocycles. The van der Waals surface area contributed by atoms with Gasteiger partial charge in [0, 0.05) is 53.8 Å². The highest BCUT2D eigenvalue weighted by Gasteiger charge is 2.26. The van der Waals surface area contributed by atoms with Crippen LogP contribution in [0.4, 0.5) is 15.8 Å². The van der Waals surface area contributed by atoms with Gasteiger partial charge in [0.2, 0.25) is 0 Å². The molecule has 5 nitrogen and oxygen atoms in total. The fourth-order valence-corrected chi connectivity index (χ4v) is 3.28. The van der Waals surface area contributed by atoms with Crippen molar-refractivity contribution in [1.82, 2.24) is 4.98 Å². The second kappa shape index (κ2) is 5.08. The summed E-state index contributed by atoms with van der Waals surface area (Å²) in [5.74, 6) is -0.463. The van der Waals surface area contributed by atoms with E-state index in [-0.39, 0.29) is 5.69 Å². The van der Waals surface area contributed by atoms with E-state index in [1.165, 1.54) is 12.1 Å². The van der Waals surface area contributed by atoms with E-state index in [1.807, 2.05) is 29.2 Å². The molecule has 6 heteroatoms. The zero-order valence-corrected chi connectivity index (χ0v) is 12.3. The maximum Gasteiger partial charge on any atom is 0.292 e. The smallest absolute Gasteiger partial charge is 0.292 e. The van der Waals surface area contributed by atoms with Gasteiger partial charge in [-0.25, -0.2) is 4.39 Å². The fraction of sp³-hybridized carbons (Fsp3) is 0.176. The highest BCUT2D eigenvalue weighted by Crippen LogP contribution is 2.34. The van der Waals surface area contributed by atoms with Gasteiger partial charge in [-0.1, -0.05) is 18.2 Å². The number of H-pyrrole nitrogens is 1. The average Bonchev–Trinajstić information content (AvgIpc) is 2.92. The van der Waals surface area contributed by atoms with Crippen LogP contribution < -0.4 is 4.90 Å². The van der Waals surface area contributed by atoms with E-state index in [9.17, 15) is 14.5 Å². The van der Waals surface area contributed by atoms with Gasteiger partial charge in [0.15, 0.2) is 0 Å². The zero-order valence-electron chi connectivity index (χ0n) is 12.3. The Morgan fingerprint density at radius 3 is 2.87 bits per heavy atom. The maximum atomic E-state index is 13.6. The highest BCUT2D eigenvalue weighted by molar-refractivity contribution is 5.85. The Morgan fingerprint density at radius 1 is 1.22 bits per heavy atom. The van der Waals surface area contributed by atoms with Crippen LogP contribution in [-0.2, 0) is 13.0 Å². The highest BCUT2D eigenvalue weighted by atomic mass is 19.1. The second-order valence-corrected chi connectivity index (χ2v) is 5.69. The molecule has 1 aliphatic heterocycles. The Morgan fingerprint density at radius 2 is 2.04 bits per heavy atom. The number of hydrogen-bond donors (Lipinski definition) is 1. The molecule has 2 heterocycles. The van der Waals surface area contributed by atoms with Gasteiger partial charge in [0.25, 0.3) is 5.69 Å². The lowest BCUT2D eigenvalue weighted by molar-refractivity contribution is -0.384. The number of nitro benzene ring substituents is 1. The molecular weight excluding hydrogens is 297 g/mol. The lowest BCUT2D eigenvalue weighted by atomic mass is 10.0. The Kier molecular flexibility index (Phi) is 3.04. The molecule has 116 valence electrons. The van der Waals surface area contributed by atoms with Crippen LogP contribution in [0.15, 0.2) is 42.5 Å². The topological polar surface area (TPSA) is 62.2 Å².